The van der Waals surface area contributed by atoms with Crippen LogP contribution in [0.3, 0.4) is 0 Å². The third kappa shape index (κ3) is 4.28. The van der Waals surface area contributed by atoms with Gasteiger partial charge in [-0.3, -0.25) is 14.7 Å². The van der Waals surface area contributed by atoms with Gasteiger partial charge in [-0.1, -0.05) is 6.42 Å². The molecule has 1 saturated heterocycles. The SMILES string of the molecule is CN(Cc1cn[nH]c1-c1ccc(F)cc1)C(=O)CN1CCCCCC1=O. The van der Waals surface area contributed by atoms with E-state index in [9.17, 15) is 14.0 Å². The summed E-state index contributed by atoms with van der Waals surface area (Å²) >= 11 is 0. The Bertz CT molecular complexity index is 772. The van der Waals surface area contributed by atoms with Crippen molar-refractivity contribution in [2.24, 2.45) is 0 Å². The Labute approximate surface area is 152 Å². The first-order valence-electron chi connectivity index (χ1n) is 8.84. The van der Waals surface area contributed by atoms with Gasteiger partial charge in [-0.05, 0) is 37.1 Å². The summed E-state index contributed by atoms with van der Waals surface area (Å²) in [6.07, 6.45) is 5.06. The minimum absolute atomic E-state index is 0.0552. The number of nitrogens with one attached hydrogen (secondary N) is 1. The molecule has 26 heavy (non-hydrogen) atoms. The predicted octanol–water partition coefficient (Wildman–Crippen LogP) is 2.58. The van der Waals surface area contributed by atoms with Crippen LogP contribution in [-0.4, -0.2) is 51.9 Å². The molecule has 1 N–H and O–H groups in total. The first-order valence-corrected chi connectivity index (χ1v) is 8.84. The van der Waals surface area contributed by atoms with Crippen molar-refractivity contribution in [3.8, 4) is 11.3 Å². The fraction of sp³-hybridized carbons (Fsp3) is 0.421. The highest BCUT2D eigenvalue weighted by atomic mass is 19.1. The van der Waals surface area contributed by atoms with Crippen molar-refractivity contribution in [2.45, 2.75) is 32.2 Å². The average molecular weight is 358 g/mol. The van der Waals surface area contributed by atoms with Gasteiger partial charge in [0.25, 0.3) is 0 Å². The Morgan fingerprint density at radius 3 is 2.81 bits per heavy atom. The number of hydrogen-bond acceptors (Lipinski definition) is 3. The number of nitrogens with zero attached hydrogens (tertiary/aromatic N) is 3. The van der Waals surface area contributed by atoms with Crippen LogP contribution < -0.4 is 0 Å². The Hall–Kier alpha value is -2.70. The van der Waals surface area contributed by atoms with E-state index in [-0.39, 0.29) is 24.2 Å². The van der Waals surface area contributed by atoms with Crippen LogP contribution in [0.15, 0.2) is 30.5 Å². The van der Waals surface area contributed by atoms with E-state index in [1.807, 2.05) is 0 Å². The topological polar surface area (TPSA) is 69.3 Å². The Kier molecular flexibility index (Phi) is 5.65. The fourth-order valence-corrected chi connectivity index (χ4v) is 3.13. The lowest BCUT2D eigenvalue weighted by Crippen LogP contribution is -2.41. The molecule has 1 aliphatic heterocycles. The number of likely N-dealkylation sites (tertiary alicyclic amines) is 1. The second-order valence-corrected chi connectivity index (χ2v) is 6.65. The third-order valence-corrected chi connectivity index (χ3v) is 4.68. The summed E-state index contributed by atoms with van der Waals surface area (Å²) < 4.78 is 13.1. The molecule has 7 heteroatoms. The molecule has 0 atom stereocenters. The van der Waals surface area contributed by atoms with Gasteiger partial charge >= 0.3 is 0 Å². The van der Waals surface area contributed by atoms with E-state index >= 15 is 0 Å². The number of carbonyl (C=O) groups is 2. The van der Waals surface area contributed by atoms with Crippen LogP contribution in [0.25, 0.3) is 11.3 Å². The predicted molar refractivity (Wildman–Crippen MR) is 95.5 cm³/mol. The van der Waals surface area contributed by atoms with E-state index in [1.54, 1.807) is 35.2 Å². The number of carbonyl (C=O) groups excluding carboxylic acids is 2. The summed E-state index contributed by atoms with van der Waals surface area (Å²) in [5.74, 6) is -0.352. The first-order chi connectivity index (χ1) is 12.5. The van der Waals surface area contributed by atoms with E-state index in [1.165, 1.54) is 12.1 Å². The molecule has 1 fully saturated rings. The zero-order valence-corrected chi connectivity index (χ0v) is 14.9. The van der Waals surface area contributed by atoms with Crippen molar-refractivity contribution < 1.29 is 14.0 Å². The van der Waals surface area contributed by atoms with Crippen molar-refractivity contribution in [3.05, 3.63) is 41.8 Å². The monoisotopic (exact) mass is 358 g/mol. The molecule has 0 aliphatic carbocycles. The van der Waals surface area contributed by atoms with Crippen LogP contribution in [-0.2, 0) is 16.1 Å². The van der Waals surface area contributed by atoms with Gasteiger partial charge in [-0.15, -0.1) is 0 Å². The maximum atomic E-state index is 13.1. The minimum Gasteiger partial charge on any atom is -0.340 e. The molecule has 1 aromatic carbocycles. The zero-order chi connectivity index (χ0) is 18.5. The molecule has 2 aromatic rings. The van der Waals surface area contributed by atoms with Gasteiger partial charge in [0.1, 0.15) is 5.82 Å². The number of amides is 2. The molecule has 0 unspecified atom stereocenters. The van der Waals surface area contributed by atoms with Gasteiger partial charge in [0.15, 0.2) is 0 Å². The van der Waals surface area contributed by atoms with Gasteiger partial charge < -0.3 is 9.80 Å². The van der Waals surface area contributed by atoms with Crippen molar-refractivity contribution in [3.63, 3.8) is 0 Å². The fourth-order valence-electron chi connectivity index (χ4n) is 3.13. The summed E-state index contributed by atoms with van der Waals surface area (Å²) in [7, 11) is 1.71. The van der Waals surface area contributed by atoms with Gasteiger partial charge in [-0.2, -0.15) is 5.10 Å². The molecule has 2 heterocycles. The standard InChI is InChI=1S/C19H23FN4O2/c1-23(18(26)13-24-10-4-2-3-5-17(24)25)12-15-11-21-22-19(15)14-6-8-16(20)9-7-14/h6-9,11H,2-5,10,12-13H2,1H3,(H,21,22). The molecular formula is C19H23FN4O2. The summed E-state index contributed by atoms with van der Waals surface area (Å²) in [5, 5.41) is 6.96. The molecule has 0 bridgehead atoms. The van der Waals surface area contributed by atoms with Crippen molar-refractivity contribution in [1.82, 2.24) is 20.0 Å². The largest absolute Gasteiger partial charge is 0.340 e. The number of rotatable bonds is 5. The van der Waals surface area contributed by atoms with E-state index in [4.69, 9.17) is 0 Å². The highest BCUT2D eigenvalue weighted by Crippen LogP contribution is 2.22. The maximum absolute atomic E-state index is 13.1. The summed E-state index contributed by atoms with van der Waals surface area (Å²) in [6, 6.07) is 6.12. The lowest BCUT2D eigenvalue weighted by molar-refractivity contribution is -0.139. The van der Waals surface area contributed by atoms with Gasteiger partial charge in [0.05, 0.1) is 18.4 Å². The minimum atomic E-state index is -0.302. The maximum Gasteiger partial charge on any atom is 0.242 e. The van der Waals surface area contributed by atoms with E-state index in [2.05, 4.69) is 10.2 Å². The van der Waals surface area contributed by atoms with E-state index in [0.717, 1.165) is 36.1 Å². The van der Waals surface area contributed by atoms with E-state index < -0.39 is 0 Å². The first kappa shape index (κ1) is 18.1. The van der Waals surface area contributed by atoms with Gasteiger partial charge in [-0.25, -0.2) is 4.39 Å². The molecule has 3 rings (SSSR count). The van der Waals surface area contributed by atoms with Crippen LogP contribution in [0.1, 0.15) is 31.2 Å². The molecule has 138 valence electrons. The summed E-state index contributed by atoms with van der Waals surface area (Å²) in [5.41, 5.74) is 2.41. The molecule has 0 radical (unpaired) electrons. The Morgan fingerprint density at radius 1 is 1.27 bits per heavy atom. The van der Waals surface area contributed by atoms with Gasteiger partial charge in [0, 0.05) is 37.7 Å². The normalized spacial score (nSPS) is 15.0. The molecule has 6 nitrogen and oxygen atoms in total. The van der Waals surface area contributed by atoms with Crippen LogP contribution in [0.4, 0.5) is 4.39 Å². The van der Waals surface area contributed by atoms with Crippen molar-refractivity contribution in [2.75, 3.05) is 20.1 Å². The number of H-pyrrole nitrogens is 1. The quantitative estimate of drug-likeness (QED) is 0.893. The molecular weight excluding hydrogens is 335 g/mol. The number of benzene rings is 1. The second kappa shape index (κ2) is 8.12. The summed E-state index contributed by atoms with van der Waals surface area (Å²) in [4.78, 5) is 27.9. The highest BCUT2D eigenvalue weighted by molar-refractivity contribution is 5.85. The Morgan fingerprint density at radius 2 is 2.04 bits per heavy atom. The lowest BCUT2D eigenvalue weighted by atomic mass is 10.1. The van der Waals surface area contributed by atoms with Crippen LogP contribution in [0.2, 0.25) is 0 Å². The van der Waals surface area contributed by atoms with Crippen LogP contribution in [0, 0.1) is 5.82 Å². The smallest absolute Gasteiger partial charge is 0.242 e. The average Bonchev–Trinajstić information content (AvgIpc) is 2.99. The number of aromatic amines is 1. The zero-order valence-electron chi connectivity index (χ0n) is 14.9. The van der Waals surface area contributed by atoms with Crippen LogP contribution in [0.5, 0.6) is 0 Å². The van der Waals surface area contributed by atoms with E-state index in [0.29, 0.717) is 19.5 Å². The lowest BCUT2D eigenvalue weighted by Gasteiger charge is -2.24. The number of aromatic nitrogens is 2. The Balaban J connectivity index is 1.65. The van der Waals surface area contributed by atoms with Crippen LogP contribution >= 0.6 is 0 Å². The number of likely N-dealkylation sites (N-methyl/N-ethyl adjacent to an activating group) is 1. The van der Waals surface area contributed by atoms with Crippen molar-refractivity contribution in [1.29, 1.82) is 0 Å². The molecule has 1 aliphatic rings. The second-order valence-electron chi connectivity index (χ2n) is 6.65. The number of halogens is 1. The van der Waals surface area contributed by atoms with Gasteiger partial charge in [0.2, 0.25) is 11.8 Å². The number of hydrogen-bond donors (Lipinski definition) is 1. The highest BCUT2D eigenvalue weighted by Gasteiger charge is 2.21. The van der Waals surface area contributed by atoms with Crippen molar-refractivity contribution >= 4 is 11.8 Å². The molecule has 0 spiro atoms. The molecule has 2 amide bonds. The molecule has 0 saturated carbocycles. The summed E-state index contributed by atoms with van der Waals surface area (Å²) in [6.45, 7) is 1.12. The third-order valence-electron chi connectivity index (χ3n) is 4.68. The molecule has 1 aromatic heterocycles.